The highest BCUT2D eigenvalue weighted by atomic mass is 35.5. The molecule has 0 aliphatic rings. The first-order valence-electron chi connectivity index (χ1n) is 6.66. The van der Waals surface area contributed by atoms with Gasteiger partial charge >= 0.3 is 5.69 Å². The van der Waals surface area contributed by atoms with Crippen LogP contribution in [-0.4, -0.2) is 17.0 Å². The Hall–Kier alpha value is -2.45. The van der Waals surface area contributed by atoms with Gasteiger partial charge in [-0.1, -0.05) is 11.6 Å². The number of halogens is 2. The maximum atomic E-state index is 13.7. The lowest BCUT2D eigenvalue weighted by Gasteiger charge is -2.12. The van der Waals surface area contributed by atoms with Gasteiger partial charge in [-0.15, -0.1) is 11.3 Å². The number of aromatic nitrogens is 1. The van der Waals surface area contributed by atoms with Gasteiger partial charge in [0, 0.05) is 16.7 Å². The van der Waals surface area contributed by atoms with Crippen molar-refractivity contribution in [1.29, 1.82) is 0 Å². The summed E-state index contributed by atoms with van der Waals surface area (Å²) in [5.41, 5.74) is 2.34. The van der Waals surface area contributed by atoms with Crippen molar-refractivity contribution in [2.45, 2.75) is 6.61 Å². The highest BCUT2D eigenvalue weighted by molar-refractivity contribution is 7.16. The van der Waals surface area contributed by atoms with Gasteiger partial charge in [0.1, 0.15) is 6.61 Å². The van der Waals surface area contributed by atoms with Crippen LogP contribution in [0.4, 0.5) is 10.1 Å². The fourth-order valence-corrected chi connectivity index (χ4v) is 3.10. The number of rotatable bonds is 5. The topological polar surface area (TPSA) is 74.5 Å². The van der Waals surface area contributed by atoms with Crippen LogP contribution in [0.5, 0.6) is 11.5 Å². The van der Waals surface area contributed by atoms with Gasteiger partial charge in [-0.25, -0.2) is 4.98 Å². The quantitative estimate of drug-likeness (QED) is 0.486. The SMILES string of the molecule is COc1cc(F)c([N+](=O)[O-])cc1OCc1c(Cl)ccc2scnc12. The highest BCUT2D eigenvalue weighted by Gasteiger charge is 2.20. The lowest BCUT2D eigenvalue weighted by Crippen LogP contribution is -2.02. The zero-order chi connectivity index (χ0) is 17.3. The van der Waals surface area contributed by atoms with Crippen LogP contribution in [0, 0.1) is 15.9 Å². The molecule has 9 heteroatoms. The lowest BCUT2D eigenvalue weighted by atomic mass is 10.2. The number of ether oxygens (including phenoxy) is 2. The molecule has 0 N–H and O–H groups in total. The third-order valence-electron chi connectivity index (χ3n) is 3.35. The summed E-state index contributed by atoms with van der Waals surface area (Å²) < 4.78 is 25.2. The molecule has 124 valence electrons. The Morgan fingerprint density at radius 3 is 2.88 bits per heavy atom. The number of thiazole rings is 1. The molecule has 0 saturated heterocycles. The number of nitrogens with zero attached hydrogens (tertiary/aromatic N) is 2. The molecule has 0 atom stereocenters. The van der Waals surface area contributed by atoms with Crippen molar-refractivity contribution >= 4 is 38.8 Å². The van der Waals surface area contributed by atoms with Gasteiger partial charge < -0.3 is 9.47 Å². The normalized spacial score (nSPS) is 10.8. The van der Waals surface area contributed by atoms with Gasteiger partial charge in [-0.2, -0.15) is 4.39 Å². The molecule has 24 heavy (non-hydrogen) atoms. The molecule has 2 aromatic carbocycles. The number of nitro benzene ring substituents is 1. The maximum absolute atomic E-state index is 13.7. The summed E-state index contributed by atoms with van der Waals surface area (Å²) >= 11 is 7.65. The monoisotopic (exact) mass is 368 g/mol. The van der Waals surface area contributed by atoms with Crippen molar-refractivity contribution in [3.63, 3.8) is 0 Å². The van der Waals surface area contributed by atoms with Crippen molar-refractivity contribution in [1.82, 2.24) is 4.98 Å². The summed E-state index contributed by atoms with van der Waals surface area (Å²) in [5.74, 6) is -0.891. The van der Waals surface area contributed by atoms with Crippen LogP contribution in [0.15, 0.2) is 29.8 Å². The van der Waals surface area contributed by atoms with Crippen LogP contribution >= 0.6 is 22.9 Å². The van der Waals surface area contributed by atoms with E-state index in [1.54, 1.807) is 11.6 Å². The molecule has 0 saturated carbocycles. The van der Waals surface area contributed by atoms with E-state index < -0.39 is 16.4 Å². The summed E-state index contributed by atoms with van der Waals surface area (Å²) in [6, 6.07) is 5.48. The molecule has 6 nitrogen and oxygen atoms in total. The van der Waals surface area contributed by atoms with Gasteiger partial charge in [-0.3, -0.25) is 10.1 Å². The number of hydrogen-bond acceptors (Lipinski definition) is 6. The van der Waals surface area contributed by atoms with Crippen molar-refractivity contribution in [2.24, 2.45) is 0 Å². The van der Waals surface area contributed by atoms with Crippen molar-refractivity contribution < 1.29 is 18.8 Å². The largest absolute Gasteiger partial charge is 0.493 e. The van der Waals surface area contributed by atoms with Crippen LogP contribution in [0.25, 0.3) is 10.2 Å². The number of methoxy groups -OCH3 is 1. The molecule has 0 unspecified atom stereocenters. The minimum absolute atomic E-state index is 0.0129. The first kappa shape index (κ1) is 16.4. The molecular weight excluding hydrogens is 359 g/mol. The van der Waals surface area contributed by atoms with E-state index in [2.05, 4.69) is 4.98 Å². The third kappa shape index (κ3) is 2.98. The average Bonchev–Trinajstić information content (AvgIpc) is 3.02. The zero-order valence-corrected chi connectivity index (χ0v) is 13.9. The van der Waals surface area contributed by atoms with Crippen LogP contribution in [0.1, 0.15) is 5.56 Å². The zero-order valence-electron chi connectivity index (χ0n) is 12.3. The molecule has 3 rings (SSSR count). The Morgan fingerprint density at radius 1 is 1.38 bits per heavy atom. The minimum Gasteiger partial charge on any atom is -0.493 e. The summed E-state index contributed by atoms with van der Waals surface area (Å²) in [6.07, 6.45) is 0. The van der Waals surface area contributed by atoms with Crippen LogP contribution in [-0.2, 0) is 6.61 Å². The molecular formula is C15H10ClFN2O4S. The lowest BCUT2D eigenvalue weighted by molar-refractivity contribution is -0.387. The van der Waals surface area contributed by atoms with Gasteiger partial charge in [0.25, 0.3) is 0 Å². The molecule has 0 aliphatic carbocycles. The van der Waals surface area contributed by atoms with Gasteiger partial charge in [0.2, 0.25) is 5.82 Å². The Labute approximate surface area is 144 Å². The molecule has 0 radical (unpaired) electrons. The second-order valence-electron chi connectivity index (χ2n) is 4.73. The molecule has 1 heterocycles. The molecule has 0 amide bonds. The molecule has 0 spiro atoms. The summed E-state index contributed by atoms with van der Waals surface area (Å²) in [4.78, 5) is 14.3. The Kier molecular flexibility index (Phi) is 4.50. The van der Waals surface area contributed by atoms with Gasteiger partial charge in [0.05, 0.1) is 33.8 Å². The first-order valence-corrected chi connectivity index (χ1v) is 7.92. The highest BCUT2D eigenvalue weighted by Crippen LogP contribution is 2.35. The molecule has 3 aromatic rings. The van der Waals surface area contributed by atoms with E-state index in [1.165, 1.54) is 18.4 Å². The predicted octanol–water partition coefficient (Wildman–Crippen LogP) is 4.58. The number of hydrogen-bond donors (Lipinski definition) is 0. The van der Waals surface area contributed by atoms with E-state index >= 15 is 0 Å². The number of fused-ring (bicyclic) bond motifs is 1. The maximum Gasteiger partial charge on any atom is 0.308 e. The number of benzene rings is 2. The van der Waals surface area contributed by atoms with E-state index in [0.29, 0.717) is 16.1 Å². The summed E-state index contributed by atoms with van der Waals surface area (Å²) in [7, 11) is 1.32. The van der Waals surface area contributed by atoms with Crippen molar-refractivity contribution in [3.8, 4) is 11.5 Å². The van der Waals surface area contributed by atoms with E-state index in [0.717, 1.165) is 16.8 Å². The van der Waals surface area contributed by atoms with Crippen molar-refractivity contribution in [3.05, 3.63) is 56.3 Å². The predicted molar refractivity (Wildman–Crippen MR) is 88.6 cm³/mol. The van der Waals surface area contributed by atoms with Crippen LogP contribution in [0.3, 0.4) is 0 Å². The first-order chi connectivity index (χ1) is 11.5. The Bertz CT molecular complexity index is 931. The second kappa shape index (κ2) is 6.58. The Morgan fingerprint density at radius 2 is 2.17 bits per heavy atom. The van der Waals surface area contributed by atoms with Gasteiger partial charge in [0.15, 0.2) is 11.5 Å². The molecule has 0 bridgehead atoms. The molecule has 1 aromatic heterocycles. The van der Waals surface area contributed by atoms with E-state index in [1.807, 2.05) is 6.07 Å². The standard InChI is InChI=1S/C15H10ClFN2O4S/c1-22-12-4-10(17)11(19(20)21)5-13(12)23-6-8-9(16)2-3-14-15(8)18-7-24-14/h2-5,7H,6H2,1H3. The van der Waals surface area contributed by atoms with Crippen LogP contribution < -0.4 is 9.47 Å². The van der Waals surface area contributed by atoms with E-state index in [-0.39, 0.29) is 18.1 Å². The van der Waals surface area contributed by atoms with Gasteiger partial charge in [-0.05, 0) is 12.1 Å². The second-order valence-corrected chi connectivity index (χ2v) is 6.02. The smallest absolute Gasteiger partial charge is 0.308 e. The average molecular weight is 369 g/mol. The fourth-order valence-electron chi connectivity index (χ4n) is 2.19. The third-order valence-corrected chi connectivity index (χ3v) is 4.50. The van der Waals surface area contributed by atoms with Crippen molar-refractivity contribution in [2.75, 3.05) is 7.11 Å². The van der Waals surface area contributed by atoms with E-state index in [4.69, 9.17) is 21.1 Å². The summed E-state index contributed by atoms with van der Waals surface area (Å²) in [5, 5.41) is 11.3. The Balaban J connectivity index is 1.96. The summed E-state index contributed by atoms with van der Waals surface area (Å²) in [6.45, 7) is 0.0129. The number of nitro groups is 1. The fraction of sp³-hybridized carbons (Fsp3) is 0.133. The molecule has 0 fully saturated rings. The van der Waals surface area contributed by atoms with E-state index in [9.17, 15) is 14.5 Å². The molecule has 0 aliphatic heterocycles. The minimum atomic E-state index is -0.996. The van der Waals surface area contributed by atoms with Crippen LogP contribution in [0.2, 0.25) is 5.02 Å².